The van der Waals surface area contributed by atoms with Crippen LogP contribution < -0.4 is 0 Å². The molecule has 0 spiro atoms. The number of piperazine rings is 1. The van der Waals surface area contributed by atoms with Gasteiger partial charge in [-0.1, -0.05) is 18.0 Å². The molecule has 2 aromatic rings. The molecule has 0 radical (unpaired) electrons. The number of aromatic nitrogens is 2. The van der Waals surface area contributed by atoms with Crippen LogP contribution in [0.4, 0.5) is 0 Å². The molecule has 1 fully saturated rings. The van der Waals surface area contributed by atoms with E-state index in [2.05, 4.69) is 4.90 Å². The molecular formula is C21H27ClN4O2. The number of benzene rings is 1. The average molecular weight is 403 g/mol. The molecule has 1 aromatic heterocycles. The monoisotopic (exact) mass is 402 g/mol. The number of fused-ring (bicyclic) bond motifs is 1. The molecular weight excluding hydrogens is 376 g/mol. The summed E-state index contributed by atoms with van der Waals surface area (Å²) in [6, 6.07) is 7.65. The van der Waals surface area contributed by atoms with Crippen molar-refractivity contribution in [3.63, 3.8) is 0 Å². The predicted octanol–water partition coefficient (Wildman–Crippen LogP) is 2.54. The molecule has 1 aliphatic carbocycles. The van der Waals surface area contributed by atoms with Gasteiger partial charge in [0.2, 0.25) is 0 Å². The van der Waals surface area contributed by atoms with E-state index in [1.54, 1.807) is 0 Å². The van der Waals surface area contributed by atoms with E-state index in [0.717, 1.165) is 50.0 Å². The van der Waals surface area contributed by atoms with Crippen molar-refractivity contribution in [2.45, 2.75) is 32.1 Å². The molecule has 1 N–H and O–H groups in total. The lowest BCUT2D eigenvalue weighted by molar-refractivity contribution is 0.0608. The molecule has 28 heavy (non-hydrogen) atoms. The third kappa shape index (κ3) is 3.95. The minimum Gasteiger partial charge on any atom is -0.395 e. The topological polar surface area (TPSA) is 61.6 Å². The van der Waals surface area contributed by atoms with Gasteiger partial charge in [0.1, 0.15) is 0 Å². The van der Waals surface area contributed by atoms with E-state index in [9.17, 15) is 4.79 Å². The Kier molecular flexibility index (Phi) is 5.99. The first-order valence-corrected chi connectivity index (χ1v) is 10.5. The highest BCUT2D eigenvalue weighted by Crippen LogP contribution is 2.28. The van der Waals surface area contributed by atoms with E-state index in [0.29, 0.717) is 30.4 Å². The zero-order valence-electron chi connectivity index (χ0n) is 16.1. The van der Waals surface area contributed by atoms with Crippen molar-refractivity contribution in [2.24, 2.45) is 0 Å². The zero-order valence-corrected chi connectivity index (χ0v) is 16.9. The Hall–Kier alpha value is -1.89. The SMILES string of the molecule is O=C(c1nn(-c2ccc(Cl)cc2)c2c1CCCCC2)N1CCN(CCO)CC1. The standard InChI is InChI=1S/C21H27ClN4O2/c22-16-6-8-17(9-7-16)26-19-5-3-1-2-4-18(19)20(23-26)21(28)25-12-10-24(11-13-25)14-15-27/h6-9,27H,1-5,10-15H2. The number of nitrogens with zero attached hydrogens (tertiary/aromatic N) is 4. The Labute approximate surface area is 170 Å². The molecule has 2 heterocycles. The van der Waals surface area contributed by atoms with Crippen LogP contribution in [0.1, 0.15) is 41.0 Å². The highest BCUT2D eigenvalue weighted by Gasteiger charge is 2.29. The van der Waals surface area contributed by atoms with Crippen LogP contribution in [0, 0.1) is 0 Å². The number of carbonyl (C=O) groups is 1. The van der Waals surface area contributed by atoms with Gasteiger partial charge < -0.3 is 10.0 Å². The fraction of sp³-hybridized carbons (Fsp3) is 0.524. The number of halogens is 1. The van der Waals surface area contributed by atoms with Crippen molar-refractivity contribution in [1.29, 1.82) is 0 Å². The maximum absolute atomic E-state index is 13.3. The molecule has 0 saturated carbocycles. The van der Waals surface area contributed by atoms with Crippen LogP contribution in [0.15, 0.2) is 24.3 Å². The molecule has 1 saturated heterocycles. The van der Waals surface area contributed by atoms with Crippen LogP contribution in [-0.2, 0) is 12.8 Å². The van der Waals surface area contributed by atoms with E-state index in [4.69, 9.17) is 21.8 Å². The third-order valence-corrected chi connectivity index (χ3v) is 6.03. The second kappa shape index (κ2) is 8.64. The van der Waals surface area contributed by atoms with E-state index >= 15 is 0 Å². The predicted molar refractivity (Wildman–Crippen MR) is 109 cm³/mol. The van der Waals surface area contributed by atoms with Crippen molar-refractivity contribution in [2.75, 3.05) is 39.3 Å². The van der Waals surface area contributed by atoms with Gasteiger partial charge in [0.05, 0.1) is 12.3 Å². The van der Waals surface area contributed by atoms with Gasteiger partial charge in [0.15, 0.2) is 5.69 Å². The van der Waals surface area contributed by atoms with Gasteiger partial charge in [0, 0.05) is 49.0 Å². The van der Waals surface area contributed by atoms with Crippen LogP contribution in [0.25, 0.3) is 5.69 Å². The van der Waals surface area contributed by atoms with Crippen molar-refractivity contribution < 1.29 is 9.90 Å². The first-order chi connectivity index (χ1) is 13.7. The number of amides is 1. The summed E-state index contributed by atoms with van der Waals surface area (Å²) < 4.78 is 1.95. The Morgan fingerprint density at radius 3 is 2.46 bits per heavy atom. The molecule has 0 atom stereocenters. The summed E-state index contributed by atoms with van der Waals surface area (Å²) >= 11 is 6.05. The van der Waals surface area contributed by atoms with Crippen LogP contribution in [0.5, 0.6) is 0 Å². The zero-order chi connectivity index (χ0) is 19.5. The lowest BCUT2D eigenvalue weighted by Gasteiger charge is -2.34. The summed E-state index contributed by atoms with van der Waals surface area (Å²) in [6.07, 6.45) is 5.27. The van der Waals surface area contributed by atoms with Gasteiger partial charge in [0.25, 0.3) is 5.91 Å². The van der Waals surface area contributed by atoms with Crippen LogP contribution in [0.2, 0.25) is 5.02 Å². The maximum Gasteiger partial charge on any atom is 0.274 e. The Bertz CT molecular complexity index is 826. The first kappa shape index (κ1) is 19.4. The number of carbonyl (C=O) groups excluding carboxylic acids is 1. The molecule has 0 unspecified atom stereocenters. The van der Waals surface area contributed by atoms with E-state index in [1.807, 2.05) is 33.8 Å². The van der Waals surface area contributed by atoms with Crippen LogP contribution in [-0.4, -0.2) is 69.9 Å². The third-order valence-electron chi connectivity index (χ3n) is 5.78. The lowest BCUT2D eigenvalue weighted by Crippen LogP contribution is -2.49. The number of β-amino-alcohol motifs (C(OH)–C–C–N with tert-alkyl or cyclic N) is 1. The minimum absolute atomic E-state index is 0.0366. The Morgan fingerprint density at radius 1 is 1.04 bits per heavy atom. The fourth-order valence-electron chi connectivity index (χ4n) is 4.21. The normalized spacial score (nSPS) is 18.0. The van der Waals surface area contributed by atoms with E-state index in [1.165, 1.54) is 12.1 Å². The van der Waals surface area contributed by atoms with Gasteiger partial charge in [-0.05, 0) is 49.9 Å². The van der Waals surface area contributed by atoms with Crippen molar-refractivity contribution in [1.82, 2.24) is 19.6 Å². The van der Waals surface area contributed by atoms with Gasteiger partial charge in [-0.15, -0.1) is 0 Å². The van der Waals surface area contributed by atoms with Crippen molar-refractivity contribution >= 4 is 17.5 Å². The Morgan fingerprint density at radius 2 is 1.75 bits per heavy atom. The summed E-state index contributed by atoms with van der Waals surface area (Å²) in [6.45, 7) is 3.79. The van der Waals surface area contributed by atoms with Crippen LogP contribution >= 0.6 is 11.6 Å². The first-order valence-electron chi connectivity index (χ1n) is 10.2. The molecule has 150 valence electrons. The molecule has 7 heteroatoms. The van der Waals surface area contributed by atoms with Gasteiger partial charge in [-0.25, -0.2) is 4.68 Å². The fourth-order valence-corrected chi connectivity index (χ4v) is 4.34. The highest BCUT2D eigenvalue weighted by atomic mass is 35.5. The number of aliphatic hydroxyl groups excluding tert-OH is 1. The quantitative estimate of drug-likeness (QED) is 0.798. The Balaban J connectivity index is 1.63. The summed E-state index contributed by atoms with van der Waals surface area (Å²) in [5, 5.41) is 14.6. The summed E-state index contributed by atoms with van der Waals surface area (Å²) in [5.74, 6) is 0.0366. The number of hydrogen-bond donors (Lipinski definition) is 1. The van der Waals surface area contributed by atoms with E-state index in [-0.39, 0.29) is 12.5 Å². The minimum atomic E-state index is 0.0366. The summed E-state index contributed by atoms with van der Waals surface area (Å²) in [7, 11) is 0. The molecule has 1 amide bonds. The molecule has 2 aliphatic rings. The second-order valence-electron chi connectivity index (χ2n) is 7.58. The smallest absolute Gasteiger partial charge is 0.274 e. The lowest BCUT2D eigenvalue weighted by atomic mass is 10.1. The molecule has 6 nitrogen and oxygen atoms in total. The summed E-state index contributed by atoms with van der Waals surface area (Å²) in [4.78, 5) is 17.4. The molecule has 4 rings (SSSR count). The van der Waals surface area contributed by atoms with E-state index < -0.39 is 0 Å². The number of hydrogen-bond acceptors (Lipinski definition) is 4. The second-order valence-corrected chi connectivity index (χ2v) is 8.02. The largest absolute Gasteiger partial charge is 0.395 e. The van der Waals surface area contributed by atoms with Crippen LogP contribution in [0.3, 0.4) is 0 Å². The molecule has 0 bridgehead atoms. The molecule has 1 aromatic carbocycles. The van der Waals surface area contributed by atoms with Crippen molar-refractivity contribution in [3.05, 3.63) is 46.2 Å². The number of rotatable bonds is 4. The van der Waals surface area contributed by atoms with Gasteiger partial charge in [-0.3, -0.25) is 9.69 Å². The van der Waals surface area contributed by atoms with Gasteiger partial charge >= 0.3 is 0 Å². The summed E-state index contributed by atoms with van der Waals surface area (Å²) in [5.41, 5.74) is 3.86. The van der Waals surface area contributed by atoms with Crippen molar-refractivity contribution in [3.8, 4) is 5.69 Å². The maximum atomic E-state index is 13.3. The average Bonchev–Trinajstić information content (AvgIpc) is 2.90. The molecule has 1 aliphatic heterocycles. The highest BCUT2D eigenvalue weighted by molar-refractivity contribution is 6.30. The number of aliphatic hydroxyl groups is 1. The van der Waals surface area contributed by atoms with Gasteiger partial charge in [-0.2, -0.15) is 5.10 Å².